The second-order valence-electron chi connectivity index (χ2n) is 7.55. The van der Waals surface area contributed by atoms with Crippen LogP contribution in [0.4, 0.5) is 35.9 Å². The number of aromatic hydroxyl groups is 1. The molecule has 0 spiro atoms. The number of alkyl halides is 3. The van der Waals surface area contributed by atoms with Gasteiger partial charge in [0.1, 0.15) is 11.5 Å². The molecule has 30 heavy (non-hydrogen) atoms. The number of carbonyl (C=O) groups excluding carboxylic acids is 1. The summed E-state index contributed by atoms with van der Waals surface area (Å²) in [7, 11) is 1.62. The van der Waals surface area contributed by atoms with Gasteiger partial charge in [0, 0.05) is 43.6 Å². The van der Waals surface area contributed by atoms with E-state index in [4.69, 9.17) is 4.74 Å². The lowest BCUT2D eigenvalue weighted by Gasteiger charge is -2.34. The quantitative estimate of drug-likeness (QED) is 0.725. The average molecular weight is 421 g/mol. The van der Waals surface area contributed by atoms with Gasteiger partial charge < -0.3 is 25.0 Å². The van der Waals surface area contributed by atoms with Crippen molar-refractivity contribution in [1.82, 2.24) is 0 Å². The van der Waals surface area contributed by atoms with E-state index in [1.54, 1.807) is 25.2 Å². The molecule has 9 heteroatoms. The van der Waals surface area contributed by atoms with Gasteiger partial charge in [0.15, 0.2) is 6.61 Å². The van der Waals surface area contributed by atoms with Crippen LogP contribution in [-0.4, -0.2) is 43.9 Å². The third kappa shape index (κ3) is 3.96. The number of carbonyl (C=O) groups is 1. The number of piperidine rings is 1. The molecule has 2 heterocycles. The number of rotatable bonds is 3. The molecule has 4 rings (SSSR count). The van der Waals surface area contributed by atoms with Gasteiger partial charge in [-0.25, -0.2) is 0 Å². The zero-order valence-electron chi connectivity index (χ0n) is 16.4. The molecule has 0 unspecified atom stereocenters. The Labute approximate surface area is 171 Å². The van der Waals surface area contributed by atoms with Gasteiger partial charge >= 0.3 is 6.18 Å². The Morgan fingerprint density at radius 3 is 2.43 bits per heavy atom. The van der Waals surface area contributed by atoms with Crippen LogP contribution in [0.2, 0.25) is 0 Å². The fourth-order valence-electron chi connectivity index (χ4n) is 3.78. The van der Waals surface area contributed by atoms with Crippen molar-refractivity contribution >= 4 is 28.7 Å². The van der Waals surface area contributed by atoms with Crippen molar-refractivity contribution < 1.29 is 27.8 Å². The number of likely N-dealkylation sites (N-methyl/N-ethyl adjacent to an activating group) is 1. The van der Waals surface area contributed by atoms with E-state index in [9.17, 15) is 23.1 Å². The first kappa shape index (κ1) is 20.2. The lowest BCUT2D eigenvalue weighted by molar-refractivity contribution is -0.179. The number of phenolic OH excluding ortho intramolecular Hbond substituents is 1. The van der Waals surface area contributed by atoms with Gasteiger partial charge in [0.05, 0.1) is 17.3 Å². The maximum absolute atomic E-state index is 12.8. The zero-order chi connectivity index (χ0) is 21.5. The van der Waals surface area contributed by atoms with Crippen LogP contribution in [0.1, 0.15) is 12.8 Å². The van der Waals surface area contributed by atoms with Crippen LogP contribution < -0.4 is 19.9 Å². The van der Waals surface area contributed by atoms with Gasteiger partial charge in [0.2, 0.25) is 0 Å². The van der Waals surface area contributed by atoms with Crippen molar-refractivity contribution in [2.45, 2.75) is 19.0 Å². The van der Waals surface area contributed by atoms with Gasteiger partial charge in [-0.3, -0.25) is 4.79 Å². The van der Waals surface area contributed by atoms with E-state index in [0.717, 1.165) is 5.69 Å². The van der Waals surface area contributed by atoms with Gasteiger partial charge in [-0.2, -0.15) is 13.2 Å². The molecule has 0 atom stereocenters. The van der Waals surface area contributed by atoms with E-state index < -0.39 is 12.1 Å². The van der Waals surface area contributed by atoms with Crippen LogP contribution in [0.25, 0.3) is 0 Å². The molecular weight excluding hydrogens is 399 g/mol. The number of hydrogen-bond acceptors (Lipinski definition) is 5. The molecule has 160 valence electrons. The molecule has 1 fully saturated rings. The number of nitrogens with one attached hydrogen (secondary N) is 1. The Morgan fingerprint density at radius 2 is 1.80 bits per heavy atom. The first-order valence-electron chi connectivity index (χ1n) is 9.67. The number of phenols is 1. The Kier molecular flexibility index (Phi) is 5.13. The van der Waals surface area contributed by atoms with Gasteiger partial charge in [0.25, 0.3) is 5.91 Å². The summed E-state index contributed by atoms with van der Waals surface area (Å²) in [5.74, 6) is -0.963. The smallest absolute Gasteiger partial charge is 0.391 e. The van der Waals surface area contributed by atoms with E-state index in [1.165, 1.54) is 11.0 Å². The Hall–Kier alpha value is -3.10. The van der Waals surface area contributed by atoms with Crippen molar-refractivity contribution in [3.63, 3.8) is 0 Å². The molecule has 0 saturated carbocycles. The first-order chi connectivity index (χ1) is 14.2. The van der Waals surface area contributed by atoms with Gasteiger partial charge in [-0.15, -0.1) is 0 Å². The Bertz CT molecular complexity index is 939. The van der Waals surface area contributed by atoms with Crippen LogP contribution >= 0.6 is 0 Å². The number of halogens is 3. The largest absolute Gasteiger partial charge is 0.506 e. The zero-order valence-corrected chi connectivity index (χ0v) is 16.4. The summed E-state index contributed by atoms with van der Waals surface area (Å²) in [6.07, 6.45) is -3.92. The van der Waals surface area contributed by atoms with E-state index in [1.807, 2.05) is 17.0 Å². The second-order valence-corrected chi connectivity index (χ2v) is 7.55. The lowest BCUT2D eigenvalue weighted by atomic mass is 9.96. The van der Waals surface area contributed by atoms with Gasteiger partial charge in [-0.05, 0) is 37.1 Å². The second kappa shape index (κ2) is 7.62. The number of amides is 1. The Morgan fingerprint density at radius 1 is 1.13 bits per heavy atom. The number of fused-ring (bicyclic) bond motifs is 1. The molecule has 1 amide bonds. The van der Waals surface area contributed by atoms with E-state index in [0.29, 0.717) is 35.9 Å². The van der Waals surface area contributed by atoms with Crippen LogP contribution in [0, 0.1) is 5.92 Å². The van der Waals surface area contributed by atoms with Crippen molar-refractivity contribution in [1.29, 1.82) is 0 Å². The maximum atomic E-state index is 12.8. The summed E-state index contributed by atoms with van der Waals surface area (Å²) < 4.78 is 43.9. The summed E-state index contributed by atoms with van der Waals surface area (Å²) in [4.78, 5) is 15.1. The summed E-state index contributed by atoms with van der Waals surface area (Å²) >= 11 is 0. The summed E-state index contributed by atoms with van der Waals surface area (Å²) in [5, 5.41) is 13.4. The van der Waals surface area contributed by atoms with E-state index >= 15 is 0 Å². The number of anilines is 4. The van der Waals surface area contributed by atoms with E-state index in [-0.39, 0.29) is 31.1 Å². The van der Waals surface area contributed by atoms with Crippen molar-refractivity contribution in [2.75, 3.05) is 41.9 Å². The van der Waals surface area contributed by atoms with Crippen molar-refractivity contribution in [3.8, 4) is 11.5 Å². The minimum absolute atomic E-state index is 0.0304. The molecule has 0 aliphatic carbocycles. The van der Waals surface area contributed by atoms with Crippen molar-refractivity contribution in [3.05, 3.63) is 36.4 Å². The standard InChI is InChI=1S/C21H22F3N3O3/c1-26-17-11-18(28)16(10-19(17)30-12-20(26)29)25-14-2-4-15(5-3-14)27-8-6-13(7-9-27)21(22,23)24/h2-5,10-11,13,25,28H,6-9,12H2,1H3. The van der Waals surface area contributed by atoms with Gasteiger partial charge in [-0.1, -0.05) is 0 Å². The first-order valence-corrected chi connectivity index (χ1v) is 9.67. The predicted molar refractivity (Wildman–Crippen MR) is 108 cm³/mol. The SMILES string of the molecule is CN1C(=O)COc2cc(Nc3ccc(N4CCC(C(F)(F)F)CC4)cc3)c(O)cc21. The highest BCUT2D eigenvalue weighted by molar-refractivity contribution is 5.98. The normalized spacial score (nSPS) is 17.5. The molecule has 2 N–H and O–H groups in total. The third-order valence-corrected chi connectivity index (χ3v) is 5.63. The molecule has 2 aliphatic heterocycles. The molecule has 0 bridgehead atoms. The third-order valence-electron chi connectivity index (χ3n) is 5.63. The topological polar surface area (TPSA) is 65.0 Å². The summed E-state index contributed by atoms with van der Waals surface area (Å²) in [6.45, 7) is 0.672. The monoisotopic (exact) mass is 421 g/mol. The molecule has 0 radical (unpaired) electrons. The highest BCUT2D eigenvalue weighted by atomic mass is 19.4. The van der Waals surface area contributed by atoms with E-state index in [2.05, 4.69) is 5.32 Å². The molecule has 2 aliphatic rings. The summed E-state index contributed by atoms with van der Waals surface area (Å²) in [5.41, 5.74) is 2.49. The molecule has 1 saturated heterocycles. The van der Waals surface area contributed by atoms with Crippen LogP contribution in [0.15, 0.2) is 36.4 Å². The fraction of sp³-hybridized carbons (Fsp3) is 0.381. The number of ether oxygens (including phenoxy) is 1. The number of nitrogens with zero attached hydrogens (tertiary/aromatic N) is 2. The summed E-state index contributed by atoms with van der Waals surface area (Å²) in [6, 6.07) is 10.4. The fourth-order valence-corrected chi connectivity index (χ4v) is 3.78. The van der Waals surface area contributed by atoms with Crippen LogP contribution in [0.3, 0.4) is 0 Å². The number of benzene rings is 2. The predicted octanol–water partition coefficient (Wildman–Crippen LogP) is 4.27. The maximum Gasteiger partial charge on any atom is 0.391 e. The highest BCUT2D eigenvalue weighted by Gasteiger charge is 2.41. The molecular formula is C21H22F3N3O3. The molecule has 6 nitrogen and oxygen atoms in total. The molecule has 2 aromatic rings. The average Bonchev–Trinajstić information content (AvgIpc) is 2.72. The van der Waals surface area contributed by atoms with Crippen LogP contribution in [0.5, 0.6) is 11.5 Å². The Balaban J connectivity index is 1.44. The van der Waals surface area contributed by atoms with Crippen LogP contribution in [-0.2, 0) is 4.79 Å². The minimum Gasteiger partial charge on any atom is -0.506 e. The molecule has 0 aromatic heterocycles. The lowest BCUT2D eigenvalue weighted by Crippen LogP contribution is -2.38. The molecule has 2 aromatic carbocycles. The minimum atomic E-state index is -4.12. The van der Waals surface area contributed by atoms with Crippen molar-refractivity contribution in [2.24, 2.45) is 5.92 Å². The highest BCUT2D eigenvalue weighted by Crippen LogP contribution is 2.41. The number of hydrogen-bond donors (Lipinski definition) is 2.